The van der Waals surface area contributed by atoms with Gasteiger partial charge in [-0.2, -0.15) is 4.31 Å². The molecule has 9 heteroatoms. The van der Waals surface area contributed by atoms with E-state index in [4.69, 9.17) is 0 Å². The highest BCUT2D eigenvalue weighted by Gasteiger charge is 2.34. The lowest BCUT2D eigenvalue weighted by Gasteiger charge is -2.30. The van der Waals surface area contributed by atoms with Crippen molar-refractivity contribution >= 4 is 28.1 Å². The highest BCUT2D eigenvalue weighted by Crippen LogP contribution is 2.30. The summed E-state index contributed by atoms with van der Waals surface area (Å²) in [4.78, 5) is 10.3. The summed E-state index contributed by atoms with van der Waals surface area (Å²) in [6.45, 7) is 6.53. The summed E-state index contributed by atoms with van der Waals surface area (Å²) < 4.78 is 26.7. The lowest BCUT2D eigenvalue weighted by Crippen LogP contribution is -2.51. The van der Waals surface area contributed by atoms with Crippen LogP contribution in [0.1, 0.15) is 18.1 Å². The molecule has 0 amide bonds. The summed E-state index contributed by atoms with van der Waals surface area (Å²) in [7, 11) is -3.86. The van der Waals surface area contributed by atoms with Crippen LogP contribution in [0.4, 0.5) is 5.69 Å². The topological polar surface area (TPSA) is 92.5 Å². The first-order valence-electron chi connectivity index (χ1n) is 6.72. The van der Waals surface area contributed by atoms with Gasteiger partial charge in [-0.05, 0) is 38.0 Å². The number of rotatable bonds is 3. The number of aryl methyl sites for hydroxylation is 2. The zero-order valence-electron chi connectivity index (χ0n) is 12.7. The summed E-state index contributed by atoms with van der Waals surface area (Å²) >= 11 is 0. The second-order valence-electron chi connectivity index (χ2n) is 5.38. The van der Waals surface area contributed by atoms with Crippen LogP contribution in [-0.4, -0.2) is 43.3 Å². The molecule has 0 aliphatic carbocycles. The minimum Gasteiger partial charge on any atom is -0.312 e. The maximum Gasteiger partial charge on any atom is 0.289 e. The van der Waals surface area contributed by atoms with Crippen molar-refractivity contribution in [2.75, 3.05) is 19.6 Å². The fraction of sp³-hybridized carbons (Fsp3) is 0.538. The number of benzene rings is 1. The number of piperazine rings is 1. The molecular formula is C13H20ClN3O4S. The van der Waals surface area contributed by atoms with Crippen LogP contribution < -0.4 is 5.32 Å². The Morgan fingerprint density at radius 2 is 1.91 bits per heavy atom. The van der Waals surface area contributed by atoms with E-state index in [2.05, 4.69) is 5.32 Å². The van der Waals surface area contributed by atoms with Gasteiger partial charge in [0.05, 0.1) is 4.92 Å². The first-order valence-corrected chi connectivity index (χ1v) is 8.16. The van der Waals surface area contributed by atoms with E-state index < -0.39 is 14.9 Å². The summed E-state index contributed by atoms with van der Waals surface area (Å²) in [6.07, 6.45) is 0. The predicted octanol–water partition coefficient (Wildman–Crippen LogP) is 1.62. The second-order valence-corrected chi connectivity index (χ2v) is 7.29. The van der Waals surface area contributed by atoms with E-state index in [1.165, 1.54) is 16.4 Å². The van der Waals surface area contributed by atoms with Gasteiger partial charge in [0, 0.05) is 31.7 Å². The van der Waals surface area contributed by atoms with Crippen LogP contribution >= 0.6 is 12.4 Å². The maximum atomic E-state index is 12.7. The molecule has 7 nitrogen and oxygen atoms in total. The van der Waals surface area contributed by atoms with Gasteiger partial charge in [0.1, 0.15) is 0 Å². The van der Waals surface area contributed by atoms with Gasteiger partial charge in [-0.25, -0.2) is 8.42 Å². The van der Waals surface area contributed by atoms with Gasteiger partial charge >= 0.3 is 0 Å². The van der Waals surface area contributed by atoms with Crippen LogP contribution in [0.25, 0.3) is 0 Å². The van der Waals surface area contributed by atoms with Crippen LogP contribution in [-0.2, 0) is 10.0 Å². The number of nitro benzene ring substituents is 1. The van der Waals surface area contributed by atoms with Gasteiger partial charge in [0.2, 0.25) is 10.0 Å². The molecule has 0 unspecified atom stereocenters. The van der Waals surface area contributed by atoms with E-state index in [1.54, 1.807) is 13.8 Å². The predicted molar refractivity (Wildman–Crippen MR) is 86.0 cm³/mol. The molecule has 1 heterocycles. The summed E-state index contributed by atoms with van der Waals surface area (Å²) in [5, 5.41) is 14.3. The van der Waals surface area contributed by atoms with Crippen molar-refractivity contribution in [3.05, 3.63) is 33.4 Å². The summed E-state index contributed by atoms with van der Waals surface area (Å²) in [6, 6.07) is 2.75. The minimum atomic E-state index is -3.86. The van der Waals surface area contributed by atoms with Gasteiger partial charge in [0.25, 0.3) is 5.69 Å². The van der Waals surface area contributed by atoms with E-state index in [0.717, 1.165) is 5.56 Å². The molecule has 0 bridgehead atoms. The molecule has 0 saturated carbocycles. The number of sulfonamides is 1. The Bertz CT molecular complexity index is 678. The second kappa shape index (κ2) is 6.91. The first kappa shape index (κ1) is 18.8. The molecule has 1 saturated heterocycles. The molecule has 1 aromatic carbocycles. The first-order chi connectivity index (χ1) is 9.73. The van der Waals surface area contributed by atoms with E-state index in [-0.39, 0.29) is 29.0 Å². The molecule has 2 rings (SSSR count). The SMILES string of the molecule is Cc1cc([N+](=O)[O-])c(S(=O)(=O)N2CCN[C@H](C)C2)cc1C.Cl. The average Bonchev–Trinajstić information content (AvgIpc) is 2.41. The van der Waals surface area contributed by atoms with Crippen LogP contribution in [0, 0.1) is 24.0 Å². The molecule has 1 aliphatic rings. The van der Waals surface area contributed by atoms with Crippen molar-refractivity contribution in [1.29, 1.82) is 0 Å². The Hall–Kier alpha value is -1.22. The fourth-order valence-corrected chi connectivity index (χ4v) is 4.13. The fourth-order valence-electron chi connectivity index (χ4n) is 2.38. The van der Waals surface area contributed by atoms with Gasteiger partial charge in [-0.1, -0.05) is 0 Å². The third kappa shape index (κ3) is 3.57. The molecule has 1 N–H and O–H groups in total. The Morgan fingerprint density at radius 1 is 1.32 bits per heavy atom. The molecule has 0 radical (unpaired) electrons. The van der Waals surface area contributed by atoms with Gasteiger partial charge in [-0.3, -0.25) is 10.1 Å². The Morgan fingerprint density at radius 3 is 2.45 bits per heavy atom. The highest BCUT2D eigenvalue weighted by molar-refractivity contribution is 7.89. The maximum absolute atomic E-state index is 12.7. The number of nitro groups is 1. The number of hydrogen-bond donors (Lipinski definition) is 1. The molecule has 1 atom stereocenters. The number of nitrogens with one attached hydrogen (secondary N) is 1. The van der Waals surface area contributed by atoms with Gasteiger partial charge < -0.3 is 5.32 Å². The molecule has 0 aromatic heterocycles. The highest BCUT2D eigenvalue weighted by atomic mass is 35.5. The van der Waals surface area contributed by atoms with E-state index >= 15 is 0 Å². The van der Waals surface area contributed by atoms with Crippen molar-refractivity contribution in [3.63, 3.8) is 0 Å². The third-order valence-electron chi connectivity index (χ3n) is 3.72. The Kier molecular flexibility index (Phi) is 5.91. The lowest BCUT2D eigenvalue weighted by molar-refractivity contribution is -0.387. The molecular weight excluding hydrogens is 330 g/mol. The van der Waals surface area contributed by atoms with Crippen molar-refractivity contribution in [1.82, 2.24) is 9.62 Å². The lowest BCUT2D eigenvalue weighted by atomic mass is 10.1. The Labute approximate surface area is 136 Å². The average molecular weight is 350 g/mol. The van der Waals surface area contributed by atoms with Crippen LogP contribution in [0.5, 0.6) is 0 Å². The normalized spacial score (nSPS) is 19.5. The van der Waals surface area contributed by atoms with E-state index in [0.29, 0.717) is 25.2 Å². The standard InChI is InChI=1S/C13H19N3O4S.ClH/c1-9-6-12(16(17)18)13(7-10(9)2)21(19,20)15-5-4-14-11(3)8-15;/h6-7,11,14H,4-5,8H2,1-3H3;1H/t11-;/m1./s1. The summed E-state index contributed by atoms with van der Waals surface area (Å²) in [5.74, 6) is 0. The number of hydrogen-bond acceptors (Lipinski definition) is 5. The van der Waals surface area contributed by atoms with Crippen molar-refractivity contribution in [2.24, 2.45) is 0 Å². The van der Waals surface area contributed by atoms with Crippen molar-refractivity contribution in [3.8, 4) is 0 Å². The van der Waals surface area contributed by atoms with Crippen LogP contribution in [0.15, 0.2) is 17.0 Å². The van der Waals surface area contributed by atoms with E-state index in [9.17, 15) is 18.5 Å². The van der Waals surface area contributed by atoms with Gasteiger partial charge in [-0.15, -0.1) is 12.4 Å². The molecule has 22 heavy (non-hydrogen) atoms. The zero-order chi connectivity index (χ0) is 15.8. The molecule has 0 spiro atoms. The zero-order valence-corrected chi connectivity index (χ0v) is 14.3. The van der Waals surface area contributed by atoms with Crippen LogP contribution in [0.3, 0.4) is 0 Å². The monoisotopic (exact) mass is 349 g/mol. The molecule has 1 fully saturated rings. The molecule has 124 valence electrons. The largest absolute Gasteiger partial charge is 0.312 e. The minimum absolute atomic E-state index is 0. The number of halogens is 1. The van der Waals surface area contributed by atoms with Gasteiger partial charge in [0.15, 0.2) is 4.90 Å². The quantitative estimate of drug-likeness (QED) is 0.661. The van der Waals surface area contributed by atoms with Crippen molar-refractivity contribution < 1.29 is 13.3 Å². The molecule has 1 aliphatic heterocycles. The smallest absolute Gasteiger partial charge is 0.289 e. The molecule has 1 aromatic rings. The summed E-state index contributed by atoms with van der Waals surface area (Å²) in [5.41, 5.74) is 1.07. The van der Waals surface area contributed by atoms with Crippen molar-refractivity contribution in [2.45, 2.75) is 31.7 Å². The Balaban J connectivity index is 0.00000242. The number of nitrogens with zero attached hydrogens (tertiary/aromatic N) is 2. The third-order valence-corrected chi connectivity index (χ3v) is 5.62. The van der Waals surface area contributed by atoms with E-state index in [1.807, 2.05) is 6.92 Å². The van der Waals surface area contributed by atoms with Crippen LogP contribution in [0.2, 0.25) is 0 Å².